The summed E-state index contributed by atoms with van der Waals surface area (Å²) >= 11 is 0. The van der Waals surface area contributed by atoms with Crippen LogP contribution in [0.4, 0.5) is 13.2 Å². The van der Waals surface area contributed by atoms with E-state index in [1.807, 2.05) is 0 Å². The molecule has 196 valence electrons. The van der Waals surface area contributed by atoms with Crippen molar-refractivity contribution in [1.82, 2.24) is 0 Å². The number of carbonyl (C=O) groups is 1. The lowest BCUT2D eigenvalue weighted by Crippen LogP contribution is -2.59. The predicted octanol–water partition coefficient (Wildman–Crippen LogP) is 6.50. The standard InChI is InChI=1S/C27H43F3O4/c1-16(17(2)33-15-34-18(3)31)21-8-9-22-20-7-6-19-14-26(32,27(28,29)30)13-12-24(19,4)23(20)10-11-25(21,22)5/h16-17,19-23,32H,6-15H2,1-5H3/t16-,17-,19-,20+,21-,22+,23+,24+,25-,26-/m1/s1. The highest BCUT2D eigenvalue weighted by Gasteiger charge is 2.65. The summed E-state index contributed by atoms with van der Waals surface area (Å²) in [6.07, 6.45) is 1.92. The third-order valence-electron chi connectivity index (χ3n) is 11.3. The summed E-state index contributed by atoms with van der Waals surface area (Å²) in [7, 11) is 0. The first-order valence-electron chi connectivity index (χ1n) is 13.3. The smallest absolute Gasteiger partial charge is 0.417 e. The molecule has 0 bridgehead atoms. The van der Waals surface area contributed by atoms with E-state index >= 15 is 0 Å². The summed E-state index contributed by atoms with van der Waals surface area (Å²) < 4.78 is 51.6. The van der Waals surface area contributed by atoms with Crippen molar-refractivity contribution in [3.8, 4) is 0 Å². The normalized spacial score (nSPS) is 46.1. The number of alkyl halides is 3. The Balaban J connectivity index is 1.46. The predicted molar refractivity (Wildman–Crippen MR) is 123 cm³/mol. The zero-order valence-electron chi connectivity index (χ0n) is 21.4. The molecule has 4 fully saturated rings. The zero-order valence-corrected chi connectivity index (χ0v) is 21.4. The highest BCUT2D eigenvalue weighted by Crippen LogP contribution is 2.69. The number of ether oxygens (including phenoxy) is 2. The molecule has 0 aliphatic heterocycles. The van der Waals surface area contributed by atoms with Crippen LogP contribution in [-0.2, 0) is 14.3 Å². The Labute approximate surface area is 202 Å². The molecule has 10 atom stereocenters. The van der Waals surface area contributed by atoms with Crippen molar-refractivity contribution in [3.63, 3.8) is 0 Å². The molecule has 1 N–H and O–H groups in total. The maximum atomic E-state index is 13.6. The minimum atomic E-state index is -4.54. The Kier molecular flexibility index (Phi) is 6.90. The second-order valence-electron chi connectivity index (χ2n) is 12.6. The minimum absolute atomic E-state index is 0.00991. The fourth-order valence-corrected chi connectivity index (χ4v) is 9.11. The molecule has 0 amide bonds. The molecule has 0 aromatic heterocycles. The molecule has 0 aromatic carbocycles. The molecular formula is C27H43F3O4. The monoisotopic (exact) mass is 488 g/mol. The molecule has 0 aromatic rings. The van der Waals surface area contributed by atoms with E-state index < -0.39 is 11.8 Å². The Morgan fingerprint density at radius 3 is 2.32 bits per heavy atom. The second-order valence-corrected chi connectivity index (χ2v) is 12.6. The van der Waals surface area contributed by atoms with Crippen molar-refractivity contribution in [1.29, 1.82) is 0 Å². The number of fused-ring (bicyclic) bond motifs is 5. The van der Waals surface area contributed by atoms with Gasteiger partial charge >= 0.3 is 12.1 Å². The molecule has 7 heteroatoms. The molecule has 0 heterocycles. The molecule has 4 aliphatic carbocycles. The van der Waals surface area contributed by atoms with Gasteiger partial charge < -0.3 is 14.6 Å². The summed E-state index contributed by atoms with van der Waals surface area (Å²) in [5.41, 5.74) is -2.40. The summed E-state index contributed by atoms with van der Waals surface area (Å²) in [6, 6.07) is 0. The van der Waals surface area contributed by atoms with Crippen molar-refractivity contribution in [3.05, 3.63) is 0 Å². The lowest BCUT2D eigenvalue weighted by atomic mass is 9.43. The lowest BCUT2D eigenvalue weighted by Gasteiger charge is -2.62. The van der Waals surface area contributed by atoms with Gasteiger partial charge in [0.15, 0.2) is 12.4 Å². The van der Waals surface area contributed by atoms with Crippen molar-refractivity contribution in [2.75, 3.05) is 6.79 Å². The highest BCUT2D eigenvalue weighted by molar-refractivity contribution is 5.65. The Bertz CT molecular complexity index is 771. The van der Waals surface area contributed by atoms with Gasteiger partial charge in [-0.1, -0.05) is 20.8 Å². The minimum Gasteiger partial charge on any atom is -0.439 e. The largest absolute Gasteiger partial charge is 0.439 e. The van der Waals surface area contributed by atoms with Crippen LogP contribution >= 0.6 is 0 Å². The summed E-state index contributed by atoms with van der Waals surface area (Å²) in [4.78, 5) is 11.1. The first kappa shape index (κ1) is 26.2. The van der Waals surface area contributed by atoms with E-state index in [4.69, 9.17) is 9.47 Å². The molecule has 34 heavy (non-hydrogen) atoms. The second kappa shape index (κ2) is 8.93. The van der Waals surface area contributed by atoms with Gasteiger partial charge in [0.1, 0.15) is 0 Å². The van der Waals surface area contributed by atoms with Gasteiger partial charge in [-0.3, -0.25) is 4.79 Å². The van der Waals surface area contributed by atoms with E-state index in [-0.39, 0.29) is 48.5 Å². The van der Waals surface area contributed by atoms with E-state index in [2.05, 4.69) is 27.7 Å². The van der Waals surface area contributed by atoms with Gasteiger partial charge in [-0.15, -0.1) is 0 Å². The van der Waals surface area contributed by atoms with Gasteiger partial charge in [0, 0.05) is 6.92 Å². The van der Waals surface area contributed by atoms with Crippen molar-refractivity contribution in [2.24, 2.45) is 46.3 Å². The third-order valence-corrected chi connectivity index (χ3v) is 11.3. The quantitative estimate of drug-likeness (QED) is 0.354. The van der Waals surface area contributed by atoms with Crippen LogP contribution in [0.25, 0.3) is 0 Å². The van der Waals surface area contributed by atoms with E-state index in [0.717, 1.165) is 32.1 Å². The molecule has 0 saturated heterocycles. The number of hydrogen-bond donors (Lipinski definition) is 1. The van der Waals surface area contributed by atoms with Gasteiger partial charge in [-0.25, -0.2) is 0 Å². The van der Waals surface area contributed by atoms with E-state index in [9.17, 15) is 23.1 Å². The number of hydrogen-bond acceptors (Lipinski definition) is 4. The topological polar surface area (TPSA) is 55.8 Å². The fraction of sp³-hybridized carbons (Fsp3) is 0.963. The van der Waals surface area contributed by atoms with Crippen LogP contribution in [-0.4, -0.2) is 35.8 Å². The average Bonchev–Trinajstić information content (AvgIpc) is 3.09. The molecule has 4 rings (SSSR count). The SMILES string of the molecule is CC(=O)OCO[C@H](C)[C@@H](C)[C@H]1CC[C@H]2[C@@H]3CC[C@@H]4C[C@@](O)(C(F)(F)F)CC[C@]4(C)[C@H]3CC[C@]12C. The highest BCUT2D eigenvalue weighted by atomic mass is 19.4. The summed E-state index contributed by atoms with van der Waals surface area (Å²) in [5, 5.41) is 10.4. The zero-order chi connectivity index (χ0) is 25.1. The van der Waals surface area contributed by atoms with Crippen LogP contribution in [0, 0.1) is 46.3 Å². The van der Waals surface area contributed by atoms with Crippen molar-refractivity contribution in [2.45, 2.75) is 110 Å². The number of halogens is 3. The van der Waals surface area contributed by atoms with E-state index in [1.165, 1.54) is 13.3 Å². The number of aliphatic hydroxyl groups is 1. The van der Waals surface area contributed by atoms with Crippen molar-refractivity contribution < 1.29 is 32.5 Å². The van der Waals surface area contributed by atoms with Crippen LogP contribution < -0.4 is 0 Å². The number of esters is 1. The van der Waals surface area contributed by atoms with Crippen LogP contribution in [0.1, 0.15) is 92.4 Å². The maximum absolute atomic E-state index is 13.6. The van der Waals surface area contributed by atoms with Gasteiger partial charge in [-0.2, -0.15) is 13.2 Å². The first-order valence-corrected chi connectivity index (χ1v) is 13.3. The molecule has 4 saturated carbocycles. The number of carbonyl (C=O) groups excluding carboxylic acids is 1. The van der Waals surface area contributed by atoms with Crippen LogP contribution in [0.15, 0.2) is 0 Å². The van der Waals surface area contributed by atoms with E-state index in [1.54, 1.807) is 0 Å². The summed E-state index contributed by atoms with van der Waals surface area (Å²) in [6.45, 7) is 10.4. The molecule has 4 aliphatic rings. The lowest BCUT2D eigenvalue weighted by molar-refractivity contribution is -0.290. The van der Waals surface area contributed by atoms with Crippen LogP contribution in [0.3, 0.4) is 0 Å². The first-order chi connectivity index (χ1) is 15.7. The van der Waals surface area contributed by atoms with Crippen molar-refractivity contribution >= 4 is 5.97 Å². The Morgan fingerprint density at radius 2 is 1.68 bits per heavy atom. The van der Waals surface area contributed by atoms with Gasteiger partial charge in [0.25, 0.3) is 0 Å². The Morgan fingerprint density at radius 1 is 1.00 bits per heavy atom. The van der Waals surface area contributed by atoms with E-state index in [0.29, 0.717) is 36.0 Å². The van der Waals surface area contributed by atoms with Crippen LogP contribution in [0.2, 0.25) is 0 Å². The number of rotatable bonds is 5. The third kappa shape index (κ3) is 4.21. The van der Waals surface area contributed by atoms with Gasteiger partial charge in [0.2, 0.25) is 0 Å². The Hall–Kier alpha value is -0.820. The maximum Gasteiger partial charge on any atom is 0.417 e. The van der Waals surface area contributed by atoms with Gasteiger partial charge in [0.05, 0.1) is 6.10 Å². The summed E-state index contributed by atoms with van der Waals surface area (Å²) in [5.74, 6) is 2.08. The molecule has 0 unspecified atom stereocenters. The van der Waals surface area contributed by atoms with Crippen LogP contribution in [0.5, 0.6) is 0 Å². The fourth-order valence-electron chi connectivity index (χ4n) is 9.11. The molecule has 4 nitrogen and oxygen atoms in total. The molecule has 0 spiro atoms. The van der Waals surface area contributed by atoms with Gasteiger partial charge in [-0.05, 0) is 111 Å². The molecular weight excluding hydrogens is 445 g/mol. The molecule has 0 radical (unpaired) electrons. The average molecular weight is 489 g/mol.